The Hall–Kier alpha value is -2.35. The molecule has 0 aliphatic carbocycles. The second kappa shape index (κ2) is 6.55. The number of benzene rings is 2. The van der Waals surface area contributed by atoms with E-state index in [4.69, 9.17) is 0 Å². The quantitative estimate of drug-likeness (QED) is 0.629. The first-order valence-corrected chi connectivity index (χ1v) is 6.25. The van der Waals surface area contributed by atoms with Crippen LogP contribution in [0.25, 0.3) is 11.1 Å². The number of hydrogen-bond donors (Lipinski definition) is 0. The standard InChI is InChI=1S/C14H14.C3H3NO/c1-11-7-6-10-14(12(11)2)13-8-4-3-5-9-13;1-2-4-5-3-1/h3-10H,1-2H3;1-3H. The van der Waals surface area contributed by atoms with Gasteiger partial charge in [0.25, 0.3) is 0 Å². The van der Waals surface area contributed by atoms with E-state index in [1.54, 1.807) is 12.3 Å². The Kier molecular flexibility index (Phi) is 4.51. The Bertz CT molecular complexity index is 583. The lowest BCUT2D eigenvalue weighted by atomic mass is 9.97. The number of rotatable bonds is 1. The molecule has 0 bridgehead atoms. The van der Waals surface area contributed by atoms with E-state index in [9.17, 15) is 0 Å². The molecule has 0 aliphatic heterocycles. The van der Waals surface area contributed by atoms with Gasteiger partial charge in [-0.1, -0.05) is 53.7 Å². The van der Waals surface area contributed by atoms with Gasteiger partial charge < -0.3 is 4.52 Å². The van der Waals surface area contributed by atoms with Crippen LogP contribution in [-0.4, -0.2) is 5.16 Å². The van der Waals surface area contributed by atoms with Crippen molar-refractivity contribution >= 4 is 0 Å². The lowest BCUT2D eigenvalue weighted by molar-refractivity contribution is 0.420. The maximum Gasteiger partial charge on any atom is 0.123 e. The summed E-state index contributed by atoms with van der Waals surface area (Å²) in [5.74, 6) is 0. The van der Waals surface area contributed by atoms with Crippen molar-refractivity contribution in [1.82, 2.24) is 5.16 Å². The molecule has 0 aliphatic rings. The largest absolute Gasteiger partial charge is 0.365 e. The minimum Gasteiger partial charge on any atom is -0.365 e. The van der Waals surface area contributed by atoms with Crippen molar-refractivity contribution in [3.8, 4) is 11.1 Å². The van der Waals surface area contributed by atoms with Gasteiger partial charge in [-0.25, -0.2) is 0 Å². The molecule has 0 unspecified atom stereocenters. The van der Waals surface area contributed by atoms with Gasteiger partial charge in [0.15, 0.2) is 0 Å². The van der Waals surface area contributed by atoms with Crippen LogP contribution >= 0.6 is 0 Å². The maximum absolute atomic E-state index is 4.33. The monoisotopic (exact) mass is 251 g/mol. The van der Waals surface area contributed by atoms with E-state index in [2.05, 4.69) is 72.1 Å². The smallest absolute Gasteiger partial charge is 0.123 e. The van der Waals surface area contributed by atoms with Crippen LogP contribution in [0.5, 0.6) is 0 Å². The molecular weight excluding hydrogens is 234 g/mol. The van der Waals surface area contributed by atoms with Gasteiger partial charge in [0.1, 0.15) is 6.26 Å². The third-order valence-electron chi connectivity index (χ3n) is 3.04. The van der Waals surface area contributed by atoms with Gasteiger partial charge in [-0.15, -0.1) is 0 Å². The van der Waals surface area contributed by atoms with Gasteiger partial charge >= 0.3 is 0 Å². The third-order valence-corrected chi connectivity index (χ3v) is 3.04. The molecule has 0 spiro atoms. The third kappa shape index (κ3) is 3.55. The SMILES string of the molecule is Cc1cccc(-c2ccccc2)c1C.c1cnoc1. The van der Waals surface area contributed by atoms with Crippen LogP contribution in [0.3, 0.4) is 0 Å². The molecule has 0 fully saturated rings. The summed E-state index contributed by atoms with van der Waals surface area (Å²) in [7, 11) is 0. The van der Waals surface area contributed by atoms with Crippen molar-refractivity contribution in [1.29, 1.82) is 0 Å². The normalized spacial score (nSPS) is 9.58. The number of aromatic nitrogens is 1. The second-order valence-electron chi connectivity index (χ2n) is 4.30. The molecule has 96 valence electrons. The van der Waals surface area contributed by atoms with E-state index in [0.29, 0.717) is 0 Å². The number of hydrogen-bond acceptors (Lipinski definition) is 2. The Labute approximate surface area is 113 Å². The maximum atomic E-state index is 4.33. The van der Waals surface area contributed by atoms with Crippen LogP contribution in [0, 0.1) is 13.8 Å². The fourth-order valence-corrected chi connectivity index (χ4v) is 1.86. The predicted molar refractivity (Wildman–Crippen MR) is 77.9 cm³/mol. The van der Waals surface area contributed by atoms with Crippen molar-refractivity contribution in [2.24, 2.45) is 0 Å². The molecule has 1 aromatic heterocycles. The van der Waals surface area contributed by atoms with Crippen LogP contribution in [0.1, 0.15) is 11.1 Å². The summed E-state index contributed by atoms with van der Waals surface area (Å²) in [5, 5.41) is 3.35. The first kappa shape index (κ1) is 13.1. The average Bonchev–Trinajstić information content (AvgIpc) is 3.02. The minimum atomic E-state index is 1.30. The summed E-state index contributed by atoms with van der Waals surface area (Å²) in [6.07, 6.45) is 3.10. The zero-order valence-corrected chi connectivity index (χ0v) is 11.2. The first-order valence-electron chi connectivity index (χ1n) is 6.25. The van der Waals surface area contributed by atoms with E-state index in [0.717, 1.165) is 0 Å². The summed E-state index contributed by atoms with van der Waals surface area (Å²) < 4.78 is 4.33. The van der Waals surface area contributed by atoms with E-state index >= 15 is 0 Å². The number of aryl methyl sites for hydroxylation is 1. The molecule has 2 nitrogen and oxygen atoms in total. The highest BCUT2D eigenvalue weighted by atomic mass is 16.5. The molecule has 3 rings (SSSR count). The zero-order valence-electron chi connectivity index (χ0n) is 11.2. The summed E-state index contributed by atoms with van der Waals surface area (Å²) >= 11 is 0. The molecule has 0 saturated carbocycles. The Balaban J connectivity index is 0.000000224. The van der Waals surface area contributed by atoms with Crippen molar-refractivity contribution in [3.05, 3.63) is 78.2 Å². The topological polar surface area (TPSA) is 26.0 Å². The van der Waals surface area contributed by atoms with Gasteiger partial charge in [0, 0.05) is 0 Å². The predicted octanol–water partition coefficient (Wildman–Crippen LogP) is 4.65. The highest BCUT2D eigenvalue weighted by Gasteiger charge is 2.01. The highest BCUT2D eigenvalue weighted by Crippen LogP contribution is 2.24. The van der Waals surface area contributed by atoms with E-state index < -0.39 is 0 Å². The fraction of sp³-hybridized carbons (Fsp3) is 0.118. The lowest BCUT2D eigenvalue weighted by Gasteiger charge is -2.07. The summed E-state index contributed by atoms with van der Waals surface area (Å²) in [6, 6.07) is 18.7. The van der Waals surface area contributed by atoms with Crippen LogP contribution in [0.2, 0.25) is 0 Å². The summed E-state index contributed by atoms with van der Waals surface area (Å²) in [4.78, 5) is 0. The van der Waals surface area contributed by atoms with Gasteiger partial charge in [-0.05, 0) is 42.2 Å². The van der Waals surface area contributed by atoms with Gasteiger partial charge in [0.05, 0.1) is 6.20 Å². The molecule has 2 aromatic carbocycles. The molecule has 0 amide bonds. The van der Waals surface area contributed by atoms with Crippen LogP contribution in [0.15, 0.2) is 71.6 Å². The molecule has 0 N–H and O–H groups in total. The molecule has 0 saturated heterocycles. The van der Waals surface area contributed by atoms with Gasteiger partial charge in [-0.2, -0.15) is 0 Å². The van der Waals surface area contributed by atoms with Crippen LogP contribution < -0.4 is 0 Å². The zero-order chi connectivity index (χ0) is 13.5. The molecule has 3 aromatic rings. The van der Waals surface area contributed by atoms with Gasteiger partial charge in [0.2, 0.25) is 0 Å². The summed E-state index contributed by atoms with van der Waals surface area (Å²) in [5.41, 5.74) is 5.37. The highest BCUT2D eigenvalue weighted by molar-refractivity contribution is 5.68. The lowest BCUT2D eigenvalue weighted by Crippen LogP contribution is -1.85. The molecule has 0 radical (unpaired) electrons. The van der Waals surface area contributed by atoms with Crippen molar-refractivity contribution in [3.63, 3.8) is 0 Å². The van der Waals surface area contributed by atoms with Crippen molar-refractivity contribution in [2.45, 2.75) is 13.8 Å². The second-order valence-corrected chi connectivity index (χ2v) is 4.30. The fourth-order valence-electron chi connectivity index (χ4n) is 1.86. The first-order chi connectivity index (χ1) is 9.29. The van der Waals surface area contributed by atoms with E-state index in [1.807, 2.05) is 0 Å². The van der Waals surface area contributed by atoms with E-state index in [-0.39, 0.29) is 0 Å². The Morgan fingerprint density at radius 3 is 2.21 bits per heavy atom. The Morgan fingerprint density at radius 1 is 0.842 bits per heavy atom. The van der Waals surface area contributed by atoms with Crippen molar-refractivity contribution < 1.29 is 4.52 Å². The Morgan fingerprint density at radius 2 is 1.63 bits per heavy atom. The van der Waals surface area contributed by atoms with Crippen molar-refractivity contribution in [2.75, 3.05) is 0 Å². The molecule has 1 heterocycles. The number of nitrogens with zero attached hydrogens (tertiary/aromatic N) is 1. The molecular formula is C17H17NO. The van der Waals surface area contributed by atoms with Crippen LogP contribution in [0.4, 0.5) is 0 Å². The molecule has 19 heavy (non-hydrogen) atoms. The minimum absolute atomic E-state index is 1.30. The summed E-state index contributed by atoms with van der Waals surface area (Å²) in [6.45, 7) is 4.33. The van der Waals surface area contributed by atoms with Gasteiger partial charge in [-0.3, -0.25) is 0 Å². The van der Waals surface area contributed by atoms with Crippen LogP contribution in [-0.2, 0) is 0 Å². The average molecular weight is 251 g/mol. The van der Waals surface area contributed by atoms with E-state index in [1.165, 1.54) is 28.5 Å². The molecule has 2 heteroatoms. The molecule has 0 atom stereocenters.